The molecule has 0 radical (unpaired) electrons. The molecule has 0 fully saturated rings. The molecule has 0 aliphatic rings. The maximum Gasteiger partial charge on any atom is 0.0471 e. The lowest BCUT2D eigenvalue weighted by atomic mass is 10.0. The van der Waals surface area contributed by atoms with Crippen LogP contribution < -0.4 is 5.32 Å². The summed E-state index contributed by atoms with van der Waals surface area (Å²) < 4.78 is 1.02. The molecule has 0 heterocycles. The lowest BCUT2D eigenvalue weighted by Gasteiger charge is -2.19. The van der Waals surface area contributed by atoms with Crippen molar-refractivity contribution in [1.29, 1.82) is 0 Å². The lowest BCUT2D eigenvalue weighted by molar-refractivity contribution is 0.207. The zero-order chi connectivity index (χ0) is 12.1. The lowest BCUT2D eigenvalue weighted by Crippen LogP contribution is -2.33. The van der Waals surface area contributed by atoms with Gasteiger partial charge in [0.1, 0.15) is 0 Å². The van der Waals surface area contributed by atoms with Crippen LogP contribution in [0.15, 0.2) is 22.7 Å². The Morgan fingerprint density at radius 1 is 1.44 bits per heavy atom. The van der Waals surface area contributed by atoms with Gasteiger partial charge in [-0.1, -0.05) is 34.5 Å². The molecular weight excluding hydrogens is 289 g/mol. The van der Waals surface area contributed by atoms with E-state index in [0.29, 0.717) is 6.54 Å². The predicted molar refractivity (Wildman–Crippen MR) is 71.7 cm³/mol. The Labute approximate surface area is 110 Å². The molecule has 0 bridgehead atoms. The summed E-state index contributed by atoms with van der Waals surface area (Å²) in [5, 5.41) is 13.1. The molecule has 0 spiro atoms. The standard InChI is InChI=1S/C12H17BrClNO/c1-8(7-16)9(2)15-6-10-5-11(13)3-4-12(10)14/h3-5,8-9,15-16H,6-7H2,1-2H3. The van der Waals surface area contributed by atoms with Gasteiger partial charge in [0.25, 0.3) is 0 Å². The normalized spacial score (nSPS) is 14.8. The molecule has 2 nitrogen and oxygen atoms in total. The van der Waals surface area contributed by atoms with Crippen LogP contribution in [0.25, 0.3) is 0 Å². The number of aliphatic hydroxyl groups is 1. The topological polar surface area (TPSA) is 32.3 Å². The first-order valence-corrected chi connectivity index (χ1v) is 6.50. The largest absolute Gasteiger partial charge is 0.396 e. The summed E-state index contributed by atoms with van der Waals surface area (Å²) in [5.74, 6) is 0.242. The highest BCUT2D eigenvalue weighted by Crippen LogP contribution is 2.21. The fourth-order valence-corrected chi connectivity index (χ4v) is 1.90. The number of benzene rings is 1. The minimum Gasteiger partial charge on any atom is -0.396 e. The Morgan fingerprint density at radius 2 is 2.12 bits per heavy atom. The van der Waals surface area contributed by atoms with E-state index in [0.717, 1.165) is 15.1 Å². The minimum atomic E-state index is 0.195. The van der Waals surface area contributed by atoms with Gasteiger partial charge in [-0.15, -0.1) is 0 Å². The van der Waals surface area contributed by atoms with Crippen LogP contribution in [0.4, 0.5) is 0 Å². The van der Waals surface area contributed by atoms with Crippen LogP contribution in [0, 0.1) is 5.92 Å². The third-order valence-corrected chi connectivity index (χ3v) is 3.63. The molecule has 0 saturated heterocycles. The van der Waals surface area contributed by atoms with Crippen LogP contribution in [0.5, 0.6) is 0 Å². The van der Waals surface area contributed by atoms with Gasteiger partial charge in [0.05, 0.1) is 0 Å². The van der Waals surface area contributed by atoms with Crippen molar-refractivity contribution in [2.24, 2.45) is 5.92 Å². The van der Waals surface area contributed by atoms with E-state index < -0.39 is 0 Å². The van der Waals surface area contributed by atoms with E-state index in [1.807, 2.05) is 25.1 Å². The maximum absolute atomic E-state index is 9.03. The number of hydrogen-bond acceptors (Lipinski definition) is 2. The smallest absolute Gasteiger partial charge is 0.0471 e. The number of hydrogen-bond donors (Lipinski definition) is 2. The summed E-state index contributed by atoms with van der Waals surface area (Å²) in [4.78, 5) is 0. The van der Waals surface area contributed by atoms with Crippen LogP contribution in [-0.4, -0.2) is 17.8 Å². The van der Waals surface area contributed by atoms with Crippen molar-refractivity contribution in [1.82, 2.24) is 5.32 Å². The number of nitrogens with one attached hydrogen (secondary N) is 1. The van der Waals surface area contributed by atoms with Gasteiger partial charge in [-0.05, 0) is 36.6 Å². The van der Waals surface area contributed by atoms with E-state index in [9.17, 15) is 0 Å². The third kappa shape index (κ3) is 4.06. The summed E-state index contributed by atoms with van der Waals surface area (Å²) in [7, 11) is 0. The van der Waals surface area contributed by atoms with E-state index >= 15 is 0 Å². The van der Waals surface area contributed by atoms with Crippen molar-refractivity contribution in [2.75, 3.05) is 6.61 Å². The van der Waals surface area contributed by atoms with Crippen molar-refractivity contribution >= 4 is 27.5 Å². The molecule has 1 aromatic rings. The van der Waals surface area contributed by atoms with Gasteiger partial charge in [-0.2, -0.15) is 0 Å². The fourth-order valence-electron chi connectivity index (χ4n) is 1.31. The van der Waals surface area contributed by atoms with E-state index in [1.165, 1.54) is 0 Å². The van der Waals surface area contributed by atoms with Gasteiger partial charge in [0.2, 0.25) is 0 Å². The van der Waals surface area contributed by atoms with Crippen LogP contribution >= 0.6 is 27.5 Å². The molecule has 0 aliphatic heterocycles. The quantitative estimate of drug-likeness (QED) is 0.875. The molecule has 90 valence electrons. The Kier molecular flexibility index (Phi) is 5.76. The molecule has 0 aliphatic carbocycles. The highest BCUT2D eigenvalue weighted by Gasteiger charge is 2.11. The van der Waals surface area contributed by atoms with E-state index in [-0.39, 0.29) is 18.6 Å². The second-order valence-corrected chi connectivity index (χ2v) is 5.39. The second kappa shape index (κ2) is 6.60. The molecule has 2 unspecified atom stereocenters. The number of rotatable bonds is 5. The Morgan fingerprint density at radius 3 is 2.75 bits per heavy atom. The van der Waals surface area contributed by atoms with E-state index in [2.05, 4.69) is 28.2 Å². The van der Waals surface area contributed by atoms with Crippen molar-refractivity contribution in [3.05, 3.63) is 33.3 Å². The predicted octanol–water partition coefficient (Wildman–Crippen LogP) is 3.21. The van der Waals surface area contributed by atoms with Crippen LogP contribution in [0.1, 0.15) is 19.4 Å². The molecule has 1 aromatic carbocycles. The van der Waals surface area contributed by atoms with Gasteiger partial charge < -0.3 is 10.4 Å². The molecule has 16 heavy (non-hydrogen) atoms. The molecule has 0 saturated carbocycles. The first-order valence-electron chi connectivity index (χ1n) is 5.32. The van der Waals surface area contributed by atoms with Crippen molar-refractivity contribution < 1.29 is 5.11 Å². The first-order chi connectivity index (χ1) is 7.54. The van der Waals surface area contributed by atoms with Gasteiger partial charge in [-0.25, -0.2) is 0 Å². The second-order valence-electron chi connectivity index (χ2n) is 4.07. The van der Waals surface area contributed by atoms with Gasteiger partial charge >= 0.3 is 0 Å². The summed E-state index contributed by atoms with van der Waals surface area (Å²) in [6.45, 7) is 4.98. The van der Waals surface area contributed by atoms with E-state index in [1.54, 1.807) is 0 Å². The average molecular weight is 307 g/mol. The Bertz CT molecular complexity index is 346. The van der Waals surface area contributed by atoms with E-state index in [4.69, 9.17) is 16.7 Å². The van der Waals surface area contributed by atoms with Crippen LogP contribution in [0.3, 0.4) is 0 Å². The zero-order valence-corrected chi connectivity index (χ0v) is 11.8. The highest BCUT2D eigenvalue weighted by molar-refractivity contribution is 9.10. The zero-order valence-electron chi connectivity index (χ0n) is 9.50. The summed E-state index contributed by atoms with van der Waals surface area (Å²) >= 11 is 9.50. The molecule has 0 aromatic heterocycles. The summed E-state index contributed by atoms with van der Waals surface area (Å²) in [5.41, 5.74) is 1.06. The van der Waals surface area contributed by atoms with Crippen LogP contribution in [-0.2, 0) is 6.54 Å². The highest BCUT2D eigenvalue weighted by atomic mass is 79.9. The van der Waals surface area contributed by atoms with Gasteiger partial charge in [0, 0.05) is 28.7 Å². The minimum absolute atomic E-state index is 0.195. The fraction of sp³-hybridized carbons (Fsp3) is 0.500. The molecule has 0 amide bonds. The van der Waals surface area contributed by atoms with Gasteiger partial charge in [-0.3, -0.25) is 0 Å². The molecule has 2 N–H and O–H groups in total. The molecule has 4 heteroatoms. The monoisotopic (exact) mass is 305 g/mol. The summed E-state index contributed by atoms with van der Waals surface area (Å²) in [6, 6.07) is 6.07. The SMILES string of the molecule is CC(CO)C(C)NCc1cc(Br)ccc1Cl. The molecule has 2 atom stereocenters. The van der Waals surface area contributed by atoms with Crippen molar-refractivity contribution in [3.8, 4) is 0 Å². The Hall–Kier alpha value is -0.0900. The van der Waals surface area contributed by atoms with Crippen molar-refractivity contribution in [3.63, 3.8) is 0 Å². The molecule has 1 rings (SSSR count). The maximum atomic E-state index is 9.03. The Balaban J connectivity index is 2.57. The summed E-state index contributed by atoms with van der Waals surface area (Å²) in [6.07, 6.45) is 0. The average Bonchev–Trinajstić information content (AvgIpc) is 2.28. The van der Waals surface area contributed by atoms with Crippen LogP contribution in [0.2, 0.25) is 5.02 Å². The molecular formula is C12H17BrClNO. The van der Waals surface area contributed by atoms with Crippen molar-refractivity contribution in [2.45, 2.75) is 26.4 Å². The van der Waals surface area contributed by atoms with Gasteiger partial charge in [0.15, 0.2) is 0 Å². The first kappa shape index (κ1) is 14.0. The third-order valence-electron chi connectivity index (χ3n) is 2.76. The number of aliphatic hydroxyl groups excluding tert-OH is 1. The number of halogens is 2.